The van der Waals surface area contributed by atoms with Crippen LogP contribution in [0, 0.1) is 0 Å². The fraction of sp³-hybridized carbons (Fsp3) is 0.300. The van der Waals surface area contributed by atoms with Crippen LogP contribution in [0.15, 0.2) is 18.2 Å². The van der Waals surface area contributed by atoms with Gasteiger partial charge in [0.1, 0.15) is 5.75 Å². The van der Waals surface area contributed by atoms with Gasteiger partial charge in [0.2, 0.25) is 0 Å². The molecule has 0 fully saturated rings. The van der Waals surface area contributed by atoms with E-state index in [1.807, 2.05) is 0 Å². The number of hydrogen-bond donors (Lipinski definition) is 0. The van der Waals surface area contributed by atoms with Gasteiger partial charge in [0, 0.05) is 11.4 Å². The van der Waals surface area contributed by atoms with E-state index in [1.54, 1.807) is 18.2 Å². The summed E-state index contributed by atoms with van der Waals surface area (Å²) in [5.41, 5.74) is 0. The van der Waals surface area contributed by atoms with Crippen LogP contribution in [-0.4, -0.2) is 19.7 Å². The van der Waals surface area contributed by atoms with Gasteiger partial charge in [0.25, 0.3) is 6.47 Å². The second kappa shape index (κ2) is 6.53. The summed E-state index contributed by atoms with van der Waals surface area (Å²) in [4.78, 5) is 9.83. The molecule has 0 aromatic heterocycles. The summed E-state index contributed by atoms with van der Waals surface area (Å²) in [6, 6.07) is 5.01. The van der Waals surface area contributed by atoms with Gasteiger partial charge in [-0.2, -0.15) is 0 Å². The maximum absolute atomic E-state index is 9.83. The molecule has 0 aliphatic carbocycles. The number of halogens is 2. The van der Waals surface area contributed by atoms with Crippen molar-refractivity contribution in [1.82, 2.24) is 0 Å². The summed E-state index contributed by atoms with van der Waals surface area (Å²) in [7, 11) is 0. The van der Waals surface area contributed by atoms with Crippen molar-refractivity contribution in [2.45, 2.75) is 6.42 Å². The number of rotatable bonds is 6. The lowest BCUT2D eigenvalue weighted by Gasteiger charge is -2.07. The van der Waals surface area contributed by atoms with Crippen LogP contribution in [0.1, 0.15) is 6.42 Å². The Bertz CT molecular complexity index is 328. The summed E-state index contributed by atoms with van der Waals surface area (Å²) in [5.74, 6) is 0.576. The first-order chi connectivity index (χ1) is 7.24. The predicted octanol–water partition coefficient (Wildman–Crippen LogP) is 2.94. The molecule has 5 heteroatoms. The molecule has 1 rings (SSSR count). The highest BCUT2D eigenvalue weighted by atomic mass is 35.5. The van der Waals surface area contributed by atoms with Gasteiger partial charge in [0.15, 0.2) is 0 Å². The lowest BCUT2D eigenvalue weighted by atomic mass is 10.3. The molecule has 0 saturated heterocycles. The standard InChI is InChI=1S/C10H10Cl2O3/c11-8-2-3-10(9(12)6-8)15-5-1-4-14-7-13/h2-3,6-7H,1,4-5H2. The maximum Gasteiger partial charge on any atom is 0.293 e. The molecule has 0 N–H and O–H groups in total. The highest BCUT2D eigenvalue weighted by molar-refractivity contribution is 6.35. The summed E-state index contributed by atoms with van der Waals surface area (Å²) in [5, 5.41) is 1.04. The van der Waals surface area contributed by atoms with Gasteiger partial charge in [-0.25, -0.2) is 0 Å². The average molecular weight is 249 g/mol. The van der Waals surface area contributed by atoms with Gasteiger partial charge in [-0.1, -0.05) is 23.2 Å². The molecular formula is C10H10Cl2O3. The molecule has 0 aliphatic heterocycles. The lowest BCUT2D eigenvalue weighted by Crippen LogP contribution is -2.02. The highest BCUT2D eigenvalue weighted by Gasteiger charge is 2.01. The zero-order valence-electron chi connectivity index (χ0n) is 7.91. The number of carbonyl (C=O) groups excluding carboxylic acids is 1. The zero-order chi connectivity index (χ0) is 11.1. The van der Waals surface area contributed by atoms with Crippen molar-refractivity contribution in [2.24, 2.45) is 0 Å². The van der Waals surface area contributed by atoms with E-state index >= 15 is 0 Å². The molecule has 0 radical (unpaired) electrons. The second-order valence-electron chi connectivity index (χ2n) is 2.74. The molecule has 0 saturated carbocycles. The van der Waals surface area contributed by atoms with Crippen LogP contribution >= 0.6 is 23.2 Å². The van der Waals surface area contributed by atoms with E-state index in [1.165, 1.54) is 0 Å². The Morgan fingerprint density at radius 3 is 2.73 bits per heavy atom. The first kappa shape index (κ1) is 12.1. The average Bonchev–Trinajstić information content (AvgIpc) is 2.20. The predicted molar refractivity (Wildman–Crippen MR) is 58.6 cm³/mol. The topological polar surface area (TPSA) is 35.5 Å². The Balaban J connectivity index is 2.34. The Kier molecular flexibility index (Phi) is 5.29. The third-order valence-electron chi connectivity index (χ3n) is 1.63. The normalized spacial score (nSPS) is 9.73. The SMILES string of the molecule is O=COCCCOc1ccc(Cl)cc1Cl. The summed E-state index contributed by atoms with van der Waals surface area (Å²) in [6.07, 6.45) is 0.623. The van der Waals surface area contributed by atoms with Crippen LogP contribution in [0.4, 0.5) is 0 Å². The van der Waals surface area contributed by atoms with Crippen LogP contribution in [0.25, 0.3) is 0 Å². The minimum Gasteiger partial charge on any atom is -0.492 e. The van der Waals surface area contributed by atoms with E-state index in [0.29, 0.717) is 41.9 Å². The minimum atomic E-state index is 0.342. The van der Waals surface area contributed by atoms with Gasteiger partial charge in [-0.05, 0) is 18.2 Å². The fourth-order valence-electron chi connectivity index (χ4n) is 0.965. The molecule has 0 bridgehead atoms. The van der Waals surface area contributed by atoms with E-state index in [-0.39, 0.29) is 0 Å². The summed E-state index contributed by atoms with van der Waals surface area (Å²) < 4.78 is 9.86. The molecule has 82 valence electrons. The van der Waals surface area contributed by atoms with E-state index in [4.69, 9.17) is 27.9 Å². The van der Waals surface area contributed by atoms with Crippen LogP contribution in [-0.2, 0) is 9.53 Å². The van der Waals surface area contributed by atoms with Crippen molar-refractivity contribution >= 4 is 29.7 Å². The van der Waals surface area contributed by atoms with Gasteiger partial charge >= 0.3 is 0 Å². The van der Waals surface area contributed by atoms with E-state index in [2.05, 4.69) is 4.74 Å². The number of benzene rings is 1. The van der Waals surface area contributed by atoms with Gasteiger partial charge in [0.05, 0.1) is 18.2 Å². The first-order valence-corrected chi connectivity index (χ1v) is 5.12. The second-order valence-corrected chi connectivity index (χ2v) is 3.59. The van der Waals surface area contributed by atoms with Gasteiger partial charge < -0.3 is 9.47 Å². The van der Waals surface area contributed by atoms with Crippen molar-refractivity contribution in [2.75, 3.05) is 13.2 Å². The van der Waals surface area contributed by atoms with Crippen LogP contribution in [0.2, 0.25) is 10.0 Å². The van der Waals surface area contributed by atoms with Crippen LogP contribution < -0.4 is 4.74 Å². The minimum absolute atomic E-state index is 0.342. The summed E-state index contributed by atoms with van der Waals surface area (Å²) in [6.45, 7) is 1.19. The van der Waals surface area contributed by atoms with E-state index in [0.717, 1.165) is 0 Å². The molecule has 1 aromatic rings. The Labute approximate surface area is 97.9 Å². The van der Waals surface area contributed by atoms with Crippen molar-refractivity contribution < 1.29 is 14.3 Å². The number of hydrogen-bond acceptors (Lipinski definition) is 3. The van der Waals surface area contributed by atoms with E-state index < -0.39 is 0 Å². The number of ether oxygens (including phenoxy) is 2. The van der Waals surface area contributed by atoms with Crippen molar-refractivity contribution in [3.05, 3.63) is 28.2 Å². The highest BCUT2D eigenvalue weighted by Crippen LogP contribution is 2.27. The monoisotopic (exact) mass is 248 g/mol. The molecule has 0 amide bonds. The lowest BCUT2D eigenvalue weighted by molar-refractivity contribution is -0.128. The zero-order valence-corrected chi connectivity index (χ0v) is 9.42. The number of carbonyl (C=O) groups is 1. The molecule has 1 aromatic carbocycles. The van der Waals surface area contributed by atoms with Crippen molar-refractivity contribution in [3.63, 3.8) is 0 Å². The summed E-state index contributed by atoms with van der Waals surface area (Å²) >= 11 is 11.6. The smallest absolute Gasteiger partial charge is 0.293 e. The Hall–Kier alpha value is -0.930. The molecule has 0 spiro atoms. The largest absolute Gasteiger partial charge is 0.492 e. The van der Waals surface area contributed by atoms with Crippen molar-refractivity contribution in [3.8, 4) is 5.75 Å². The fourth-order valence-corrected chi connectivity index (χ4v) is 1.43. The quantitative estimate of drug-likeness (QED) is 0.574. The van der Waals surface area contributed by atoms with Gasteiger partial charge in [-0.15, -0.1) is 0 Å². The van der Waals surface area contributed by atoms with E-state index in [9.17, 15) is 4.79 Å². The van der Waals surface area contributed by atoms with Crippen LogP contribution in [0.3, 0.4) is 0 Å². The Morgan fingerprint density at radius 2 is 2.07 bits per heavy atom. The molecule has 3 nitrogen and oxygen atoms in total. The maximum atomic E-state index is 9.83. The molecular weight excluding hydrogens is 239 g/mol. The third kappa shape index (κ3) is 4.40. The third-order valence-corrected chi connectivity index (χ3v) is 2.16. The van der Waals surface area contributed by atoms with Crippen molar-refractivity contribution in [1.29, 1.82) is 0 Å². The molecule has 0 aliphatic rings. The molecule has 15 heavy (non-hydrogen) atoms. The first-order valence-electron chi connectivity index (χ1n) is 4.37. The Morgan fingerprint density at radius 1 is 1.27 bits per heavy atom. The van der Waals surface area contributed by atoms with Crippen LogP contribution in [0.5, 0.6) is 5.75 Å². The molecule has 0 unspecified atom stereocenters. The molecule has 0 heterocycles. The van der Waals surface area contributed by atoms with Gasteiger partial charge in [-0.3, -0.25) is 4.79 Å². The molecule has 0 atom stereocenters.